The average molecular weight is 280 g/mol. The average Bonchev–Trinajstić information content (AvgIpc) is 2.46. The molecule has 2 aliphatic heterocycles. The van der Waals surface area contributed by atoms with Crippen molar-refractivity contribution in [3.8, 4) is 0 Å². The highest BCUT2D eigenvalue weighted by Gasteiger charge is 2.32. The number of halogens is 1. The van der Waals surface area contributed by atoms with Crippen LogP contribution in [0.1, 0.15) is 31.9 Å². The third kappa shape index (κ3) is 2.72. The first-order valence-corrected chi connectivity index (χ1v) is 7.83. The van der Waals surface area contributed by atoms with E-state index < -0.39 is 0 Å². The SMILES string of the molecule is CC1CN2CCCCC2CN1c1ccnc(CCl)c1. The van der Waals surface area contributed by atoms with Crippen LogP contribution in [0.2, 0.25) is 0 Å². The van der Waals surface area contributed by atoms with Crippen molar-refractivity contribution in [2.24, 2.45) is 0 Å². The molecule has 0 spiro atoms. The molecule has 2 aliphatic rings. The van der Waals surface area contributed by atoms with E-state index in [9.17, 15) is 0 Å². The minimum absolute atomic E-state index is 0.492. The minimum Gasteiger partial charge on any atom is -0.366 e. The van der Waals surface area contributed by atoms with Crippen molar-refractivity contribution >= 4 is 17.3 Å². The van der Waals surface area contributed by atoms with Crippen molar-refractivity contribution in [2.75, 3.05) is 24.5 Å². The molecule has 0 aliphatic carbocycles. The molecule has 0 amide bonds. The Labute approximate surface area is 120 Å². The summed E-state index contributed by atoms with van der Waals surface area (Å²) in [6, 6.07) is 5.56. The van der Waals surface area contributed by atoms with Gasteiger partial charge in [0.25, 0.3) is 0 Å². The molecule has 2 fully saturated rings. The van der Waals surface area contributed by atoms with Crippen molar-refractivity contribution in [3.05, 3.63) is 24.0 Å². The fourth-order valence-electron chi connectivity index (χ4n) is 3.43. The number of pyridine rings is 1. The Balaban J connectivity index is 1.79. The topological polar surface area (TPSA) is 19.4 Å². The molecule has 19 heavy (non-hydrogen) atoms. The molecule has 0 radical (unpaired) electrons. The molecule has 0 N–H and O–H groups in total. The Morgan fingerprint density at radius 2 is 2.26 bits per heavy atom. The summed E-state index contributed by atoms with van der Waals surface area (Å²) >= 11 is 5.90. The van der Waals surface area contributed by atoms with Gasteiger partial charge in [-0.1, -0.05) is 6.42 Å². The van der Waals surface area contributed by atoms with Crippen LogP contribution in [0, 0.1) is 0 Å². The molecule has 0 saturated carbocycles. The molecular weight excluding hydrogens is 258 g/mol. The molecule has 4 heteroatoms. The molecular formula is C15H22ClN3. The summed E-state index contributed by atoms with van der Waals surface area (Å²) in [5.41, 5.74) is 2.25. The zero-order valence-electron chi connectivity index (χ0n) is 11.6. The van der Waals surface area contributed by atoms with Crippen LogP contribution in [0.5, 0.6) is 0 Å². The lowest BCUT2D eigenvalue weighted by molar-refractivity contribution is 0.115. The fraction of sp³-hybridized carbons (Fsp3) is 0.667. The smallest absolute Gasteiger partial charge is 0.0648 e. The predicted molar refractivity (Wildman–Crippen MR) is 79.8 cm³/mol. The number of hydrogen-bond donors (Lipinski definition) is 0. The molecule has 0 aromatic carbocycles. The van der Waals surface area contributed by atoms with Crippen LogP contribution in [-0.2, 0) is 5.88 Å². The number of hydrogen-bond acceptors (Lipinski definition) is 3. The van der Waals surface area contributed by atoms with Crippen LogP contribution >= 0.6 is 11.6 Å². The number of alkyl halides is 1. The van der Waals surface area contributed by atoms with Gasteiger partial charge in [0.2, 0.25) is 0 Å². The third-order valence-electron chi connectivity index (χ3n) is 4.46. The number of nitrogens with zero attached hydrogens (tertiary/aromatic N) is 3. The molecule has 2 atom stereocenters. The fourth-order valence-corrected chi connectivity index (χ4v) is 3.58. The van der Waals surface area contributed by atoms with Gasteiger partial charge in [0, 0.05) is 37.1 Å². The van der Waals surface area contributed by atoms with Crippen LogP contribution in [0.3, 0.4) is 0 Å². The highest BCUT2D eigenvalue weighted by Crippen LogP contribution is 2.28. The number of rotatable bonds is 2. The van der Waals surface area contributed by atoms with E-state index in [0.717, 1.165) is 18.3 Å². The van der Waals surface area contributed by atoms with Crippen LogP contribution in [0.15, 0.2) is 18.3 Å². The lowest BCUT2D eigenvalue weighted by Crippen LogP contribution is -2.58. The standard InChI is InChI=1S/C15H22ClN3/c1-12-10-18-7-3-2-4-15(18)11-19(12)14-5-6-17-13(8-14)9-16/h5-6,8,12,15H,2-4,7,9-11H2,1H3. The molecule has 1 aromatic heterocycles. The van der Waals surface area contributed by atoms with E-state index in [4.69, 9.17) is 11.6 Å². The van der Waals surface area contributed by atoms with Gasteiger partial charge in [0.1, 0.15) is 0 Å². The Morgan fingerprint density at radius 3 is 3.11 bits per heavy atom. The van der Waals surface area contributed by atoms with Gasteiger partial charge < -0.3 is 4.90 Å². The second kappa shape index (κ2) is 5.68. The summed E-state index contributed by atoms with van der Waals surface area (Å²) in [5, 5.41) is 0. The van der Waals surface area contributed by atoms with Gasteiger partial charge >= 0.3 is 0 Å². The van der Waals surface area contributed by atoms with Crippen LogP contribution in [-0.4, -0.2) is 41.6 Å². The summed E-state index contributed by atoms with van der Waals surface area (Å²) in [6.45, 7) is 5.94. The van der Waals surface area contributed by atoms with Gasteiger partial charge in [-0.2, -0.15) is 0 Å². The molecule has 1 aromatic rings. The van der Waals surface area contributed by atoms with Gasteiger partial charge in [-0.15, -0.1) is 11.6 Å². The normalized spacial score (nSPS) is 28.2. The van der Waals surface area contributed by atoms with E-state index in [1.54, 1.807) is 0 Å². The summed E-state index contributed by atoms with van der Waals surface area (Å²) in [6.07, 6.45) is 5.98. The van der Waals surface area contributed by atoms with Crippen molar-refractivity contribution in [1.29, 1.82) is 0 Å². The summed E-state index contributed by atoms with van der Waals surface area (Å²) in [4.78, 5) is 9.50. The maximum atomic E-state index is 5.90. The highest BCUT2D eigenvalue weighted by atomic mass is 35.5. The highest BCUT2D eigenvalue weighted by molar-refractivity contribution is 6.16. The Morgan fingerprint density at radius 1 is 1.37 bits per heavy atom. The Bertz CT molecular complexity index is 437. The third-order valence-corrected chi connectivity index (χ3v) is 4.73. The Hall–Kier alpha value is -0.800. The first-order valence-electron chi connectivity index (χ1n) is 7.29. The molecule has 3 heterocycles. The lowest BCUT2D eigenvalue weighted by atomic mass is 9.97. The monoisotopic (exact) mass is 279 g/mol. The second-order valence-electron chi connectivity index (χ2n) is 5.78. The first kappa shape index (κ1) is 13.2. The van der Waals surface area contributed by atoms with Gasteiger partial charge in [0.15, 0.2) is 0 Å². The minimum atomic E-state index is 0.492. The summed E-state index contributed by atoms with van der Waals surface area (Å²) in [5.74, 6) is 0.492. The van der Waals surface area contributed by atoms with Crippen molar-refractivity contribution in [3.63, 3.8) is 0 Å². The Kier molecular flexibility index (Phi) is 3.94. The van der Waals surface area contributed by atoms with Gasteiger partial charge in [-0.05, 0) is 38.4 Å². The van der Waals surface area contributed by atoms with Crippen molar-refractivity contribution < 1.29 is 0 Å². The largest absolute Gasteiger partial charge is 0.366 e. The molecule has 0 bridgehead atoms. The summed E-state index contributed by atoms with van der Waals surface area (Å²) in [7, 11) is 0. The van der Waals surface area contributed by atoms with E-state index in [-0.39, 0.29) is 0 Å². The zero-order valence-corrected chi connectivity index (χ0v) is 12.3. The molecule has 3 rings (SSSR count). The van der Waals surface area contributed by atoms with E-state index in [1.165, 1.54) is 38.0 Å². The van der Waals surface area contributed by atoms with E-state index in [0.29, 0.717) is 11.9 Å². The lowest BCUT2D eigenvalue weighted by Gasteiger charge is -2.48. The van der Waals surface area contributed by atoms with Gasteiger partial charge in [-0.25, -0.2) is 0 Å². The van der Waals surface area contributed by atoms with Crippen molar-refractivity contribution in [1.82, 2.24) is 9.88 Å². The maximum absolute atomic E-state index is 5.90. The molecule has 2 saturated heterocycles. The maximum Gasteiger partial charge on any atom is 0.0648 e. The number of aromatic nitrogens is 1. The number of piperazine rings is 1. The van der Waals surface area contributed by atoms with Gasteiger partial charge in [0.05, 0.1) is 11.6 Å². The number of piperidine rings is 1. The number of anilines is 1. The number of fused-ring (bicyclic) bond motifs is 1. The van der Waals surface area contributed by atoms with E-state index >= 15 is 0 Å². The second-order valence-corrected chi connectivity index (χ2v) is 6.05. The van der Waals surface area contributed by atoms with Crippen LogP contribution < -0.4 is 4.90 Å². The first-order chi connectivity index (χ1) is 9.28. The van der Waals surface area contributed by atoms with Crippen LogP contribution in [0.4, 0.5) is 5.69 Å². The van der Waals surface area contributed by atoms with E-state index in [2.05, 4.69) is 33.8 Å². The quantitative estimate of drug-likeness (QED) is 0.776. The van der Waals surface area contributed by atoms with Crippen molar-refractivity contribution in [2.45, 2.75) is 44.1 Å². The summed E-state index contributed by atoms with van der Waals surface area (Å²) < 4.78 is 0. The van der Waals surface area contributed by atoms with Crippen LogP contribution in [0.25, 0.3) is 0 Å². The molecule has 3 nitrogen and oxygen atoms in total. The predicted octanol–water partition coefficient (Wildman–Crippen LogP) is 2.88. The zero-order chi connectivity index (χ0) is 13.2. The van der Waals surface area contributed by atoms with E-state index in [1.807, 2.05) is 6.20 Å². The molecule has 104 valence electrons. The van der Waals surface area contributed by atoms with Gasteiger partial charge in [-0.3, -0.25) is 9.88 Å². The molecule has 2 unspecified atom stereocenters.